The van der Waals surface area contributed by atoms with Crippen LogP contribution in [0, 0.1) is 0 Å². The molecule has 3 nitrogen and oxygen atoms in total. The average molecular weight is 129 g/mol. The van der Waals surface area contributed by atoms with E-state index in [0.29, 0.717) is 6.61 Å². The van der Waals surface area contributed by atoms with Crippen molar-refractivity contribution in [2.24, 2.45) is 0 Å². The Kier molecular flexibility index (Phi) is 2.19. The van der Waals surface area contributed by atoms with Crippen LogP contribution in [0.1, 0.15) is 6.92 Å². The van der Waals surface area contributed by atoms with Crippen molar-refractivity contribution in [1.29, 1.82) is 0 Å². The summed E-state index contributed by atoms with van der Waals surface area (Å²) >= 11 is 0. The Bertz CT molecular complexity index is 97.2. The summed E-state index contributed by atoms with van der Waals surface area (Å²) in [6.45, 7) is 3.28. The Balaban J connectivity index is 2.26. The molecule has 0 saturated carbocycles. The van der Waals surface area contributed by atoms with Crippen molar-refractivity contribution >= 4 is 6.29 Å². The number of ether oxygens (including phenoxy) is 1. The summed E-state index contributed by atoms with van der Waals surface area (Å²) in [5.41, 5.74) is 0. The van der Waals surface area contributed by atoms with Gasteiger partial charge >= 0.3 is 0 Å². The molecule has 1 fully saturated rings. The lowest BCUT2D eigenvalue weighted by Gasteiger charge is -2.24. The van der Waals surface area contributed by atoms with Crippen molar-refractivity contribution in [1.82, 2.24) is 5.32 Å². The number of carbonyl (C=O) groups excluding carboxylic acids is 1. The van der Waals surface area contributed by atoms with E-state index in [4.69, 9.17) is 4.74 Å². The number of hydrogen-bond acceptors (Lipinski definition) is 3. The number of carbonyl (C=O) groups is 1. The summed E-state index contributed by atoms with van der Waals surface area (Å²) in [5, 5.41) is 3.03. The predicted octanol–water partition coefficient (Wildman–Crippen LogP) is -0.438. The molecule has 0 aromatic rings. The number of rotatable bonds is 1. The van der Waals surface area contributed by atoms with Crippen molar-refractivity contribution in [3.63, 3.8) is 0 Å². The highest BCUT2D eigenvalue weighted by molar-refractivity contribution is 5.57. The summed E-state index contributed by atoms with van der Waals surface area (Å²) in [6.07, 6.45) is 1.13. The standard InChI is InChI=1S/C6H11NO2/c1-5-2-7-6(3-8)4-9-5/h3,5-7H,2,4H2,1H3/t5-,6?/m1/s1. The molecule has 2 atom stereocenters. The summed E-state index contributed by atoms with van der Waals surface area (Å²) < 4.78 is 5.19. The molecule has 1 unspecified atom stereocenters. The first-order valence-electron chi connectivity index (χ1n) is 3.13. The minimum atomic E-state index is -0.0822. The van der Waals surface area contributed by atoms with Crippen LogP contribution in [0.3, 0.4) is 0 Å². The fraction of sp³-hybridized carbons (Fsp3) is 0.833. The van der Waals surface area contributed by atoms with Crippen molar-refractivity contribution in [2.45, 2.75) is 19.1 Å². The van der Waals surface area contributed by atoms with Gasteiger partial charge in [0.05, 0.1) is 18.8 Å². The Morgan fingerprint density at radius 3 is 3.00 bits per heavy atom. The lowest BCUT2D eigenvalue weighted by Crippen LogP contribution is -2.45. The maximum Gasteiger partial charge on any atom is 0.139 e. The molecule has 1 N–H and O–H groups in total. The predicted molar refractivity (Wildman–Crippen MR) is 33.3 cm³/mol. The molecule has 1 aliphatic heterocycles. The Morgan fingerprint density at radius 1 is 1.78 bits per heavy atom. The van der Waals surface area contributed by atoms with E-state index in [1.807, 2.05) is 6.92 Å². The van der Waals surface area contributed by atoms with Crippen LogP contribution in [0.4, 0.5) is 0 Å². The number of aldehydes is 1. The van der Waals surface area contributed by atoms with Gasteiger partial charge in [-0.05, 0) is 6.92 Å². The monoisotopic (exact) mass is 129 g/mol. The van der Waals surface area contributed by atoms with Gasteiger partial charge < -0.3 is 14.8 Å². The van der Waals surface area contributed by atoms with Crippen LogP contribution in [0.25, 0.3) is 0 Å². The first-order valence-corrected chi connectivity index (χ1v) is 3.13. The van der Waals surface area contributed by atoms with Crippen molar-refractivity contribution in [2.75, 3.05) is 13.2 Å². The largest absolute Gasteiger partial charge is 0.375 e. The van der Waals surface area contributed by atoms with Crippen LogP contribution in [-0.4, -0.2) is 31.6 Å². The lowest BCUT2D eigenvalue weighted by molar-refractivity contribution is -0.113. The molecule has 1 saturated heterocycles. The lowest BCUT2D eigenvalue weighted by atomic mass is 10.2. The summed E-state index contributed by atoms with van der Waals surface area (Å²) in [7, 11) is 0. The number of nitrogens with one attached hydrogen (secondary N) is 1. The SMILES string of the molecule is C[C@@H]1CNC(C=O)CO1. The molecular formula is C6H11NO2. The van der Waals surface area contributed by atoms with E-state index in [9.17, 15) is 4.79 Å². The zero-order chi connectivity index (χ0) is 6.69. The second-order valence-corrected chi connectivity index (χ2v) is 2.29. The van der Waals surface area contributed by atoms with Crippen molar-refractivity contribution < 1.29 is 9.53 Å². The van der Waals surface area contributed by atoms with Gasteiger partial charge in [0.1, 0.15) is 6.29 Å². The second kappa shape index (κ2) is 2.94. The molecule has 1 rings (SSSR count). The van der Waals surface area contributed by atoms with E-state index in [0.717, 1.165) is 12.8 Å². The van der Waals surface area contributed by atoms with Gasteiger partial charge in [-0.25, -0.2) is 0 Å². The van der Waals surface area contributed by atoms with Gasteiger partial charge in [-0.15, -0.1) is 0 Å². The van der Waals surface area contributed by atoms with E-state index in [1.165, 1.54) is 0 Å². The molecule has 0 bridgehead atoms. The molecule has 0 amide bonds. The molecule has 3 heteroatoms. The summed E-state index contributed by atoms with van der Waals surface area (Å²) in [6, 6.07) is -0.0822. The van der Waals surface area contributed by atoms with Gasteiger partial charge in [0.2, 0.25) is 0 Å². The Morgan fingerprint density at radius 2 is 2.56 bits per heavy atom. The van der Waals surface area contributed by atoms with Gasteiger partial charge in [0.15, 0.2) is 0 Å². The Labute approximate surface area is 54.4 Å². The molecule has 0 radical (unpaired) electrons. The molecule has 0 spiro atoms. The number of hydrogen-bond donors (Lipinski definition) is 1. The topological polar surface area (TPSA) is 38.3 Å². The molecule has 0 aliphatic carbocycles. The van der Waals surface area contributed by atoms with Crippen LogP contribution >= 0.6 is 0 Å². The average Bonchev–Trinajstić information content (AvgIpc) is 1.90. The Hall–Kier alpha value is -0.410. The summed E-state index contributed by atoms with van der Waals surface area (Å²) in [5.74, 6) is 0. The third-order valence-corrected chi connectivity index (χ3v) is 1.39. The highest BCUT2D eigenvalue weighted by atomic mass is 16.5. The van der Waals surface area contributed by atoms with Crippen molar-refractivity contribution in [3.05, 3.63) is 0 Å². The van der Waals surface area contributed by atoms with Crippen molar-refractivity contribution in [3.8, 4) is 0 Å². The van der Waals surface area contributed by atoms with E-state index < -0.39 is 0 Å². The van der Waals surface area contributed by atoms with Crippen LogP contribution in [-0.2, 0) is 9.53 Å². The quantitative estimate of drug-likeness (QED) is 0.488. The normalized spacial score (nSPS) is 36.1. The summed E-state index contributed by atoms with van der Waals surface area (Å²) in [4.78, 5) is 10.1. The first-order chi connectivity index (χ1) is 4.33. The third-order valence-electron chi connectivity index (χ3n) is 1.39. The second-order valence-electron chi connectivity index (χ2n) is 2.29. The van der Waals surface area contributed by atoms with E-state index in [-0.39, 0.29) is 12.1 Å². The van der Waals surface area contributed by atoms with E-state index in [1.54, 1.807) is 0 Å². The van der Waals surface area contributed by atoms with Gasteiger partial charge in [-0.1, -0.05) is 0 Å². The van der Waals surface area contributed by atoms with Gasteiger partial charge in [-0.3, -0.25) is 0 Å². The molecule has 0 aromatic carbocycles. The molecule has 0 aromatic heterocycles. The highest BCUT2D eigenvalue weighted by Gasteiger charge is 2.15. The molecule has 1 heterocycles. The van der Waals surface area contributed by atoms with Crippen LogP contribution in [0.2, 0.25) is 0 Å². The van der Waals surface area contributed by atoms with Crippen LogP contribution in [0.5, 0.6) is 0 Å². The molecular weight excluding hydrogens is 118 g/mol. The third kappa shape index (κ3) is 1.77. The fourth-order valence-electron chi connectivity index (χ4n) is 0.791. The molecule has 52 valence electrons. The molecule has 9 heavy (non-hydrogen) atoms. The minimum Gasteiger partial charge on any atom is -0.375 e. The zero-order valence-electron chi connectivity index (χ0n) is 5.46. The van der Waals surface area contributed by atoms with E-state index in [2.05, 4.69) is 5.32 Å². The molecule has 1 aliphatic rings. The fourth-order valence-corrected chi connectivity index (χ4v) is 0.791. The maximum atomic E-state index is 10.1. The highest BCUT2D eigenvalue weighted by Crippen LogP contribution is 1.96. The van der Waals surface area contributed by atoms with Crippen LogP contribution < -0.4 is 5.32 Å². The van der Waals surface area contributed by atoms with Gasteiger partial charge in [0.25, 0.3) is 0 Å². The van der Waals surface area contributed by atoms with Crippen LogP contribution in [0.15, 0.2) is 0 Å². The minimum absolute atomic E-state index is 0.0822. The van der Waals surface area contributed by atoms with E-state index >= 15 is 0 Å². The number of morpholine rings is 1. The zero-order valence-corrected chi connectivity index (χ0v) is 5.46. The maximum absolute atomic E-state index is 10.1. The smallest absolute Gasteiger partial charge is 0.139 e. The van der Waals surface area contributed by atoms with Gasteiger partial charge in [-0.2, -0.15) is 0 Å². The van der Waals surface area contributed by atoms with Gasteiger partial charge in [0, 0.05) is 6.54 Å². The first kappa shape index (κ1) is 6.71.